The molecule has 4 rings (SSSR count). The van der Waals surface area contributed by atoms with E-state index in [9.17, 15) is 10.1 Å². The van der Waals surface area contributed by atoms with E-state index in [-0.39, 0.29) is 18.7 Å². The van der Waals surface area contributed by atoms with Crippen molar-refractivity contribution in [2.24, 2.45) is 5.92 Å². The van der Waals surface area contributed by atoms with Crippen LogP contribution in [-0.4, -0.2) is 48.4 Å². The fourth-order valence-corrected chi connectivity index (χ4v) is 4.04. The van der Waals surface area contributed by atoms with Gasteiger partial charge in [0.25, 0.3) is 0 Å². The molecule has 2 aliphatic heterocycles. The number of amides is 1. The van der Waals surface area contributed by atoms with Crippen LogP contribution in [-0.2, 0) is 9.53 Å². The van der Waals surface area contributed by atoms with Crippen molar-refractivity contribution in [2.75, 3.05) is 26.6 Å². The lowest BCUT2D eigenvalue weighted by atomic mass is 9.95. The number of hydrogen-bond acceptors (Lipinski definition) is 6. The van der Waals surface area contributed by atoms with Crippen LogP contribution in [0.25, 0.3) is 10.8 Å². The van der Waals surface area contributed by atoms with Crippen LogP contribution in [0.4, 0.5) is 0 Å². The number of rotatable bonds is 1. The van der Waals surface area contributed by atoms with E-state index >= 15 is 0 Å². The summed E-state index contributed by atoms with van der Waals surface area (Å²) in [5, 5.41) is 11.1. The highest BCUT2D eigenvalue weighted by Crippen LogP contribution is 2.33. The third kappa shape index (κ3) is 3.48. The standard InChI is InChI=1S/C21H23N3O4/c1-2-14-10-20(25)24-13-26-7-8-27-19-11-17-15(9-16(19)12-22)3-5-23-21(17)28-6-4-18(14)24/h3,5,9,11,14,18H,2,4,6-8,10,13H2,1H3/t14-,18-/m1/s1. The van der Waals surface area contributed by atoms with Gasteiger partial charge in [0.1, 0.15) is 25.2 Å². The molecule has 2 atom stereocenters. The smallest absolute Gasteiger partial charge is 0.225 e. The summed E-state index contributed by atoms with van der Waals surface area (Å²) >= 11 is 0. The number of carbonyl (C=O) groups excluding carboxylic acids is 1. The molecule has 1 amide bonds. The van der Waals surface area contributed by atoms with Gasteiger partial charge in [-0.1, -0.05) is 13.3 Å². The van der Waals surface area contributed by atoms with Crippen LogP contribution in [0.5, 0.6) is 11.6 Å². The molecule has 2 bridgehead atoms. The number of carbonyl (C=O) groups is 1. The molecular weight excluding hydrogens is 358 g/mol. The molecule has 0 radical (unpaired) electrons. The first kappa shape index (κ1) is 18.5. The average Bonchev–Trinajstić information content (AvgIpc) is 3.01. The van der Waals surface area contributed by atoms with Crippen LogP contribution in [0.15, 0.2) is 24.4 Å². The average molecular weight is 381 g/mol. The topological polar surface area (TPSA) is 84.7 Å². The molecule has 146 valence electrons. The SMILES string of the molecule is CC[C@@H]1CC(=O)N2COCCOc3cc4c(nccc4cc3C#N)OCC[C@H]12. The van der Waals surface area contributed by atoms with Crippen molar-refractivity contribution in [1.29, 1.82) is 5.26 Å². The molecule has 0 N–H and O–H groups in total. The van der Waals surface area contributed by atoms with E-state index < -0.39 is 0 Å². The van der Waals surface area contributed by atoms with Crippen LogP contribution in [0, 0.1) is 17.2 Å². The van der Waals surface area contributed by atoms with Crippen molar-refractivity contribution in [3.05, 3.63) is 30.0 Å². The number of ether oxygens (including phenoxy) is 3. The van der Waals surface area contributed by atoms with Gasteiger partial charge in [0.05, 0.1) is 18.8 Å². The molecule has 2 aliphatic rings. The second-order valence-corrected chi connectivity index (χ2v) is 7.12. The highest BCUT2D eigenvalue weighted by molar-refractivity contribution is 5.89. The molecular formula is C21H23N3O4. The van der Waals surface area contributed by atoms with Crippen molar-refractivity contribution >= 4 is 16.7 Å². The summed E-state index contributed by atoms with van der Waals surface area (Å²) in [5.41, 5.74) is 0.456. The maximum atomic E-state index is 12.4. The Morgan fingerprint density at radius 2 is 2.18 bits per heavy atom. The summed E-state index contributed by atoms with van der Waals surface area (Å²) in [7, 11) is 0. The Hall–Kier alpha value is -2.85. The molecule has 1 aromatic carbocycles. The lowest BCUT2D eigenvalue weighted by molar-refractivity contribution is -0.135. The van der Waals surface area contributed by atoms with Gasteiger partial charge in [-0.05, 0) is 29.5 Å². The zero-order valence-corrected chi connectivity index (χ0v) is 15.9. The molecule has 0 spiro atoms. The number of aromatic nitrogens is 1. The van der Waals surface area contributed by atoms with E-state index in [2.05, 4.69) is 18.0 Å². The fourth-order valence-electron chi connectivity index (χ4n) is 4.04. The summed E-state index contributed by atoms with van der Waals surface area (Å²) in [5.74, 6) is 1.44. The van der Waals surface area contributed by atoms with Crippen molar-refractivity contribution in [3.8, 4) is 17.7 Å². The Balaban J connectivity index is 1.66. The molecule has 0 saturated carbocycles. The summed E-state index contributed by atoms with van der Waals surface area (Å²) in [6.45, 7) is 3.45. The maximum absolute atomic E-state index is 12.4. The van der Waals surface area contributed by atoms with E-state index in [0.29, 0.717) is 49.4 Å². The zero-order chi connectivity index (χ0) is 19.5. The number of nitrogens with zero attached hydrogens (tertiary/aromatic N) is 3. The van der Waals surface area contributed by atoms with Crippen LogP contribution >= 0.6 is 0 Å². The number of hydrogen-bond donors (Lipinski definition) is 0. The van der Waals surface area contributed by atoms with Gasteiger partial charge in [-0.3, -0.25) is 4.79 Å². The molecule has 1 aromatic heterocycles. The second kappa shape index (κ2) is 8.03. The van der Waals surface area contributed by atoms with Gasteiger partial charge in [0.2, 0.25) is 11.8 Å². The molecule has 0 unspecified atom stereocenters. The van der Waals surface area contributed by atoms with E-state index in [4.69, 9.17) is 14.2 Å². The predicted octanol–water partition coefficient (Wildman–Crippen LogP) is 2.87. The number of fused-ring (bicyclic) bond motifs is 2. The first-order valence-corrected chi connectivity index (χ1v) is 9.67. The minimum atomic E-state index is 0.108. The normalized spacial score (nSPS) is 22.9. The molecule has 7 nitrogen and oxygen atoms in total. The van der Waals surface area contributed by atoms with Crippen molar-refractivity contribution < 1.29 is 19.0 Å². The lowest BCUT2D eigenvalue weighted by Crippen LogP contribution is -2.38. The Bertz CT molecular complexity index is 924. The van der Waals surface area contributed by atoms with Crippen molar-refractivity contribution in [3.63, 3.8) is 0 Å². The van der Waals surface area contributed by atoms with Crippen LogP contribution in [0.3, 0.4) is 0 Å². The van der Waals surface area contributed by atoms with Crippen LogP contribution in [0.1, 0.15) is 31.7 Å². The quantitative estimate of drug-likeness (QED) is 0.755. The molecule has 28 heavy (non-hydrogen) atoms. The number of nitriles is 1. The van der Waals surface area contributed by atoms with E-state index in [1.807, 2.05) is 17.0 Å². The zero-order valence-electron chi connectivity index (χ0n) is 15.9. The lowest BCUT2D eigenvalue weighted by Gasteiger charge is -2.28. The highest BCUT2D eigenvalue weighted by atomic mass is 16.5. The molecule has 7 heteroatoms. The van der Waals surface area contributed by atoms with E-state index in [1.54, 1.807) is 12.3 Å². The molecule has 3 heterocycles. The van der Waals surface area contributed by atoms with Crippen molar-refractivity contribution in [2.45, 2.75) is 32.2 Å². The maximum Gasteiger partial charge on any atom is 0.225 e. The molecule has 1 fully saturated rings. The van der Waals surface area contributed by atoms with E-state index in [0.717, 1.165) is 23.6 Å². The predicted molar refractivity (Wildman–Crippen MR) is 102 cm³/mol. The first-order valence-electron chi connectivity index (χ1n) is 9.67. The Morgan fingerprint density at radius 1 is 1.29 bits per heavy atom. The molecule has 1 saturated heterocycles. The van der Waals surface area contributed by atoms with Gasteiger partial charge in [0, 0.05) is 30.5 Å². The molecule has 0 aliphatic carbocycles. The number of pyridine rings is 1. The minimum absolute atomic E-state index is 0.108. The second-order valence-electron chi connectivity index (χ2n) is 7.12. The highest BCUT2D eigenvalue weighted by Gasteiger charge is 2.38. The van der Waals surface area contributed by atoms with Gasteiger partial charge in [0.15, 0.2) is 0 Å². The minimum Gasteiger partial charge on any atom is -0.490 e. The first-order chi connectivity index (χ1) is 13.7. The van der Waals surface area contributed by atoms with Gasteiger partial charge >= 0.3 is 0 Å². The van der Waals surface area contributed by atoms with Crippen LogP contribution < -0.4 is 9.47 Å². The third-order valence-electron chi connectivity index (χ3n) is 5.54. The summed E-state index contributed by atoms with van der Waals surface area (Å²) in [6, 6.07) is 7.72. The fraction of sp³-hybridized carbons (Fsp3) is 0.476. The van der Waals surface area contributed by atoms with Gasteiger partial charge in [-0.15, -0.1) is 0 Å². The molecule has 2 aromatic rings. The van der Waals surface area contributed by atoms with Crippen molar-refractivity contribution in [1.82, 2.24) is 9.88 Å². The van der Waals surface area contributed by atoms with Gasteiger partial charge in [-0.25, -0.2) is 4.98 Å². The van der Waals surface area contributed by atoms with Crippen LogP contribution in [0.2, 0.25) is 0 Å². The Kier molecular flexibility index (Phi) is 5.31. The van der Waals surface area contributed by atoms with E-state index in [1.165, 1.54) is 0 Å². The van der Waals surface area contributed by atoms with Gasteiger partial charge in [-0.2, -0.15) is 5.26 Å². The summed E-state index contributed by atoms with van der Waals surface area (Å²) in [4.78, 5) is 18.6. The Morgan fingerprint density at radius 3 is 3.00 bits per heavy atom. The Labute approximate surface area is 163 Å². The summed E-state index contributed by atoms with van der Waals surface area (Å²) < 4.78 is 17.5. The number of benzene rings is 1. The monoisotopic (exact) mass is 381 g/mol. The largest absolute Gasteiger partial charge is 0.490 e. The van der Waals surface area contributed by atoms with Gasteiger partial charge < -0.3 is 19.1 Å². The third-order valence-corrected chi connectivity index (χ3v) is 5.54. The summed E-state index contributed by atoms with van der Waals surface area (Å²) in [6.07, 6.45) is 3.91.